The van der Waals surface area contributed by atoms with Crippen molar-refractivity contribution in [3.8, 4) is 11.8 Å². The van der Waals surface area contributed by atoms with Gasteiger partial charge in [0.15, 0.2) is 0 Å². The number of imide groups is 1. The summed E-state index contributed by atoms with van der Waals surface area (Å²) in [7, 11) is 1.55. The Kier molecular flexibility index (Phi) is 3.13. The van der Waals surface area contributed by atoms with E-state index in [0.29, 0.717) is 11.3 Å². The lowest BCUT2D eigenvalue weighted by Crippen LogP contribution is -2.40. The molecule has 1 heterocycles. The Hall–Kier alpha value is -2.55. The maximum absolute atomic E-state index is 12.2. The lowest BCUT2D eigenvalue weighted by molar-refractivity contribution is -0.130. The highest BCUT2D eigenvalue weighted by Gasteiger charge is 2.48. The average molecular weight is 259 g/mol. The van der Waals surface area contributed by atoms with Gasteiger partial charge in [0.1, 0.15) is 17.8 Å². The van der Waals surface area contributed by atoms with E-state index in [1.807, 2.05) is 0 Å². The number of nitriles is 1. The molecule has 0 radical (unpaired) electrons. The molecule has 1 N–H and O–H groups in total. The normalized spacial score (nSPS) is 22.1. The third-order valence-corrected chi connectivity index (χ3v) is 3.17. The molecular weight excluding hydrogens is 246 g/mol. The zero-order chi connectivity index (χ0) is 14.0. The first-order valence-electron chi connectivity index (χ1n) is 5.68. The number of nitrogens with zero attached hydrogens (tertiary/aromatic N) is 2. The molecule has 1 atom stereocenters. The van der Waals surface area contributed by atoms with Gasteiger partial charge in [0.25, 0.3) is 5.91 Å². The van der Waals surface area contributed by atoms with Gasteiger partial charge in [-0.1, -0.05) is 12.1 Å². The summed E-state index contributed by atoms with van der Waals surface area (Å²) in [6.07, 6.45) is 0. The van der Waals surface area contributed by atoms with Crippen molar-refractivity contribution in [1.29, 1.82) is 5.26 Å². The van der Waals surface area contributed by atoms with E-state index in [1.165, 1.54) is 0 Å². The molecule has 6 nitrogen and oxygen atoms in total. The fourth-order valence-electron chi connectivity index (χ4n) is 2.03. The Balaban J connectivity index is 2.35. The number of benzene rings is 1. The van der Waals surface area contributed by atoms with Gasteiger partial charge < -0.3 is 10.1 Å². The van der Waals surface area contributed by atoms with E-state index >= 15 is 0 Å². The summed E-state index contributed by atoms with van der Waals surface area (Å²) in [5, 5.41) is 11.2. The van der Waals surface area contributed by atoms with Crippen molar-refractivity contribution in [3.05, 3.63) is 29.8 Å². The summed E-state index contributed by atoms with van der Waals surface area (Å²) >= 11 is 0. The Labute approximate surface area is 110 Å². The number of nitrogens with one attached hydrogen (secondary N) is 1. The van der Waals surface area contributed by atoms with Crippen molar-refractivity contribution in [2.75, 3.05) is 13.7 Å². The van der Waals surface area contributed by atoms with Gasteiger partial charge in [-0.3, -0.25) is 4.79 Å². The van der Waals surface area contributed by atoms with E-state index in [2.05, 4.69) is 5.32 Å². The molecule has 2 rings (SSSR count). The molecule has 0 aromatic heterocycles. The van der Waals surface area contributed by atoms with E-state index in [-0.39, 0.29) is 6.54 Å². The molecule has 98 valence electrons. The first-order valence-corrected chi connectivity index (χ1v) is 5.68. The molecular formula is C13H13N3O3. The first kappa shape index (κ1) is 12.9. The number of hydrogen-bond donors (Lipinski definition) is 1. The fourth-order valence-corrected chi connectivity index (χ4v) is 2.03. The van der Waals surface area contributed by atoms with Gasteiger partial charge in [-0.2, -0.15) is 5.26 Å². The molecule has 3 amide bonds. The van der Waals surface area contributed by atoms with Crippen LogP contribution in [0.25, 0.3) is 0 Å². The zero-order valence-electron chi connectivity index (χ0n) is 10.6. The Morgan fingerprint density at radius 3 is 2.53 bits per heavy atom. The number of hydrogen-bond acceptors (Lipinski definition) is 4. The van der Waals surface area contributed by atoms with Crippen LogP contribution in [0.4, 0.5) is 4.79 Å². The van der Waals surface area contributed by atoms with Gasteiger partial charge in [-0.05, 0) is 24.6 Å². The Morgan fingerprint density at radius 2 is 2.00 bits per heavy atom. The lowest BCUT2D eigenvalue weighted by atomic mass is 9.92. The predicted octanol–water partition coefficient (Wildman–Crippen LogP) is 0.986. The van der Waals surface area contributed by atoms with E-state index in [1.54, 1.807) is 44.4 Å². The van der Waals surface area contributed by atoms with Crippen LogP contribution in [-0.4, -0.2) is 30.5 Å². The molecule has 0 saturated carbocycles. The zero-order valence-corrected chi connectivity index (χ0v) is 10.6. The van der Waals surface area contributed by atoms with Crippen LogP contribution in [0, 0.1) is 11.3 Å². The minimum Gasteiger partial charge on any atom is -0.497 e. The number of carbonyl (C=O) groups is 2. The number of methoxy groups -OCH3 is 1. The highest BCUT2D eigenvalue weighted by Crippen LogP contribution is 2.29. The van der Waals surface area contributed by atoms with Crippen molar-refractivity contribution < 1.29 is 14.3 Å². The highest BCUT2D eigenvalue weighted by molar-refractivity contribution is 6.07. The molecule has 1 saturated heterocycles. The molecule has 1 aliphatic rings. The molecule has 1 aliphatic heterocycles. The maximum Gasteiger partial charge on any atom is 0.326 e. The fraction of sp³-hybridized carbons (Fsp3) is 0.308. The average Bonchev–Trinajstić information content (AvgIpc) is 2.64. The molecule has 1 aromatic carbocycles. The molecule has 0 spiro atoms. The summed E-state index contributed by atoms with van der Waals surface area (Å²) in [6.45, 7) is 1.36. The van der Waals surface area contributed by atoms with E-state index < -0.39 is 17.5 Å². The van der Waals surface area contributed by atoms with E-state index in [0.717, 1.165) is 4.90 Å². The van der Waals surface area contributed by atoms with Crippen LogP contribution in [0.3, 0.4) is 0 Å². The standard InChI is InChI=1S/C13H13N3O3/c1-13(9-3-5-10(19-2)6-4-9)11(17)16(8-7-14)12(18)15-13/h3-6H,8H2,1-2H3,(H,15,18)/t13-/m0/s1. The third kappa shape index (κ3) is 1.99. The quantitative estimate of drug-likeness (QED) is 0.648. The summed E-state index contributed by atoms with van der Waals surface area (Å²) < 4.78 is 5.05. The van der Waals surface area contributed by atoms with Crippen LogP contribution in [0.1, 0.15) is 12.5 Å². The van der Waals surface area contributed by atoms with Gasteiger partial charge in [0.2, 0.25) is 0 Å². The lowest BCUT2D eigenvalue weighted by Gasteiger charge is -2.21. The number of rotatable bonds is 3. The monoisotopic (exact) mass is 259 g/mol. The van der Waals surface area contributed by atoms with Gasteiger partial charge >= 0.3 is 6.03 Å². The molecule has 1 aromatic rings. The summed E-state index contributed by atoms with van der Waals surface area (Å²) in [5.74, 6) is 0.238. The first-order chi connectivity index (χ1) is 9.02. The predicted molar refractivity (Wildman–Crippen MR) is 66.2 cm³/mol. The topological polar surface area (TPSA) is 82.4 Å². The third-order valence-electron chi connectivity index (χ3n) is 3.17. The Morgan fingerprint density at radius 1 is 1.37 bits per heavy atom. The van der Waals surface area contributed by atoms with Gasteiger partial charge in [-0.25, -0.2) is 9.69 Å². The number of urea groups is 1. The smallest absolute Gasteiger partial charge is 0.326 e. The minimum absolute atomic E-state index is 0.254. The van der Waals surface area contributed by atoms with E-state index in [4.69, 9.17) is 10.00 Å². The minimum atomic E-state index is -1.14. The van der Waals surface area contributed by atoms with Crippen molar-refractivity contribution in [3.63, 3.8) is 0 Å². The second kappa shape index (κ2) is 4.61. The molecule has 1 fully saturated rings. The number of ether oxygens (including phenoxy) is 1. The molecule has 19 heavy (non-hydrogen) atoms. The second-order valence-corrected chi connectivity index (χ2v) is 4.33. The van der Waals surface area contributed by atoms with Crippen molar-refractivity contribution >= 4 is 11.9 Å². The van der Waals surface area contributed by atoms with Crippen LogP contribution >= 0.6 is 0 Å². The van der Waals surface area contributed by atoms with Crippen molar-refractivity contribution in [1.82, 2.24) is 10.2 Å². The summed E-state index contributed by atoms with van der Waals surface area (Å²) in [5.41, 5.74) is -0.493. The van der Waals surface area contributed by atoms with Crippen LogP contribution in [0.15, 0.2) is 24.3 Å². The molecule has 6 heteroatoms. The Bertz CT molecular complexity index is 561. The number of amides is 3. The van der Waals surface area contributed by atoms with Crippen molar-refractivity contribution in [2.24, 2.45) is 0 Å². The number of carbonyl (C=O) groups excluding carboxylic acids is 2. The van der Waals surface area contributed by atoms with Crippen LogP contribution in [0.2, 0.25) is 0 Å². The molecule has 0 unspecified atom stereocenters. The highest BCUT2D eigenvalue weighted by atomic mass is 16.5. The van der Waals surface area contributed by atoms with Crippen LogP contribution < -0.4 is 10.1 Å². The molecule has 0 bridgehead atoms. The molecule has 0 aliphatic carbocycles. The largest absolute Gasteiger partial charge is 0.497 e. The summed E-state index contributed by atoms with van der Waals surface area (Å²) in [6, 6.07) is 8.11. The van der Waals surface area contributed by atoms with Gasteiger partial charge in [0.05, 0.1) is 13.2 Å². The van der Waals surface area contributed by atoms with Crippen LogP contribution in [0.5, 0.6) is 5.75 Å². The van der Waals surface area contributed by atoms with Gasteiger partial charge in [-0.15, -0.1) is 0 Å². The second-order valence-electron chi connectivity index (χ2n) is 4.33. The maximum atomic E-state index is 12.2. The van der Waals surface area contributed by atoms with Crippen LogP contribution in [-0.2, 0) is 10.3 Å². The van der Waals surface area contributed by atoms with E-state index in [9.17, 15) is 9.59 Å². The van der Waals surface area contributed by atoms with Gasteiger partial charge in [0, 0.05) is 0 Å². The van der Waals surface area contributed by atoms with Crippen molar-refractivity contribution in [2.45, 2.75) is 12.5 Å². The SMILES string of the molecule is COc1ccc([C@]2(C)NC(=O)N(CC#N)C2=O)cc1. The summed E-state index contributed by atoms with van der Waals surface area (Å²) in [4.78, 5) is 24.9.